The Kier molecular flexibility index (Phi) is 5.86. The maximum Gasteiger partial charge on any atom is 0.307 e. The number of amides is 1. The Bertz CT molecular complexity index is 1130. The van der Waals surface area contributed by atoms with Crippen LogP contribution in [0, 0.1) is 13.8 Å². The number of nitrogens with zero attached hydrogens (tertiary/aromatic N) is 2. The van der Waals surface area contributed by atoms with E-state index in [0.717, 1.165) is 11.1 Å². The standard InChI is InChI=1S/C21H17Cl2N3O3/c1-10-19(26-20(21(24)29)11(2)25-10)13-5-3-12(4-6-13)15-9-16(22)14(7-17(15)23)8-18(27)28/h3-7,9H,8H2,1-2H3,(H2,24,29)(H,27,28). The van der Waals surface area contributed by atoms with E-state index >= 15 is 0 Å². The molecule has 0 spiro atoms. The zero-order valence-corrected chi connectivity index (χ0v) is 17.2. The lowest BCUT2D eigenvalue weighted by atomic mass is 10.00. The van der Waals surface area contributed by atoms with Gasteiger partial charge in [-0.05, 0) is 37.1 Å². The SMILES string of the molecule is Cc1nc(C)c(-c2ccc(-c3cc(Cl)c(CC(=O)O)cc3Cl)cc2)nc1C(N)=O. The predicted molar refractivity (Wildman–Crippen MR) is 112 cm³/mol. The van der Waals surface area contributed by atoms with Crippen LogP contribution in [0.1, 0.15) is 27.4 Å². The molecule has 0 radical (unpaired) electrons. The first-order valence-electron chi connectivity index (χ1n) is 8.63. The summed E-state index contributed by atoms with van der Waals surface area (Å²) in [6.45, 7) is 3.50. The average Bonchev–Trinajstić information content (AvgIpc) is 2.64. The number of primary amides is 1. The van der Waals surface area contributed by atoms with Crippen LogP contribution in [-0.2, 0) is 11.2 Å². The topological polar surface area (TPSA) is 106 Å². The van der Waals surface area contributed by atoms with Crippen molar-refractivity contribution in [3.63, 3.8) is 0 Å². The molecule has 148 valence electrons. The molecule has 3 N–H and O–H groups in total. The molecule has 1 heterocycles. The predicted octanol–water partition coefficient (Wildman–Crippen LogP) is 4.46. The van der Waals surface area contributed by atoms with Crippen LogP contribution in [0.25, 0.3) is 22.4 Å². The lowest BCUT2D eigenvalue weighted by Gasteiger charge is -2.11. The van der Waals surface area contributed by atoms with Crippen molar-refractivity contribution >= 4 is 35.1 Å². The molecule has 0 aliphatic heterocycles. The number of nitrogens with two attached hydrogens (primary N) is 1. The molecule has 0 saturated heterocycles. The van der Waals surface area contributed by atoms with E-state index in [9.17, 15) is 9.59 Å². The van der Waals surface area contributed by atoms with E-state index in [4.69, 9.17) is 34.0 Å². The summed E-state index contributed by atoms with van der Waals surface area (Å²) in [5.41, 5.74) is 9.95. The van der Waals surface area contributed by atoms with Gasteiger partial charge in [0, 0.05) is 21.2 Å². The van der Waals surface area contributed by atoms with Gasteiger partial charge in [-0.25, -0.2) is 4.98 Å². The molecule has 2 aromatic carbocycles. The molecule has 6 nitrogen and oxygen atoms in total. The maximum absolute atomic E-state index is 11.6. The van der Waals surface area contributed by atoms with Gasteiger partial charge in [0.2, 0.25) is 0 Å². The van der Waals surface area contributed by atoms with Crippen LogP contribution in [0.2, 0.25) is 10.0 Å². The highest BCUT2D eigenvalue weighted by molar-refractivity contribution is 6.36. The van der Waals surface area contributed by atoms with Crippen molar-refractivity contribution in [2.75, 3.05) is 0 Å². The smallest absolute Gasteiger partial charge is 0.307 e. The van der Waals surface area contributed by atoms with Crippen molar-refractivity contribution in [3.05, 3.63) is 69.1 Å². The first-order valence-corrected chi connectivity index (χ1v) is 9.38. The van der Waals surface area contributed by atoms with Crippen molar-refractivity contribution in [2.24, 2.45) is 5.73 Å². The Balaban J connectivity index is 2.00. The first-order chi connectivity index (χ1) is 13.7. The number of halogens is 2. The molecule has 0 atom stereocenters. The number of rotatable bonds is 5. The van der Waals surface area contributed by atoms with Gasteiger partial charge in [0.1, 0.15) is 5.69 Å². The highest BCUT2D eigenvalue weighted by Gasteiger charge is 2.15. The van der Waals surface area contributed by atoms with Gasteiger partial charge in [0.05, 0.1) is 23.5 Å². The molecule has 0 aliphatic carbocycles. The second kappa shape index (κ2) is 8.19. The van der Waals surface area contributed by atoms with Crippen LogP contribution in [0.5, 0.6) is 0 Å². The number of aliphatic carboxylic acids is 1. The molecular weight excluding hydrogens is 413 g/mol. The summed E-state index contributed by atoms with van der Waals surface area (Å²) >= 11 is 12.6. The number of carbonyl (C=O) groups excluding carboxylic acids is 1. The summed E-state index contributed by atoms with van der Waals surface area (Å²) < 4.78 is 0. The fraction of sp³-hybridized carbons (Fsp3) is 0.143. The lowest BCUT2D eigenvalue weighted by Crippen LogP contribution is -2.17. The van der Waals surface area contributed by atoms with Crippen LogP contribution in [0.15, 0.2) is 36.4 Å². The van der Waals surface area contributed by atoms with E-state index in [1.807, 2.05) is 31.2 Å². The van der Waals surface area contributed by atoms with Gasteiger partial charge in [0.15, 0.2) is 0 Å². The van der Waals surface area contributed by atoms with Crippen molar-refractivity contribution in [2.45, 2.75) is 20.3 Å². The molecule has 29 heavy (non-hydrogen) atoms. The summed E-state index contributed by atoms with van der Waals surface area (Å²) in [6, 6.07) is 10.6. The fourth-order valence-electron chi connectivity index (χ4n) is 3.05. The Hall–Kier alpha value is -2.96. The van der Waals surface area contributed by atoms with Gasteiger partial charge in [-0.1, -0.05) is 47.5 Å². The van der Waals surface area contributed by atoms with Gasteiger partial charge in [-0.15, -0.1) is 0 Å². The highest BCUT2D eigenvalue weighted by atomic mass is 35.5. The average molecular weight is 430 g/mol. The monoisotopic (exact) mass is 429 g/mol. The zero-order chi connectivity index (χ0) is 21.3. The van der Waals surface area contributed by atoms with Crippen molar-refractivity contribution in [1.82, 2.24) is 9.97 Å². The summed E-state index contributed by atoms with van der Waals surface area (Å²) in [5.74, 6) is -1.61. The molecule has 0 saturated carbocycles. The molecule has 1 amide bonds. The second-order valence-corrected chi connectivity index (χ2v) is 7.34. The van der Waals surface area contributed by atoms with E-state index in [-0.39, 0.29) is 12.1 Å². The normalized spacial score (nSPS) is 10.8. The Morgan fingerprint density at radius 3 is 2.17 bits per heavy atom. The minimum Gasteiger partial charge on any atom is -0.481 e. The molecule has 3 rings (SSSR count). The Morgan fingerprint density at radius 2 is 1.59 bits per heavy atom. The third-order valence-corrected chi connectivity index (χ3v) is 5.09. The molecule has 1 aromatic heterocycles. The molecule has 0 aliphatic rings. The van der Waals surface area contributed by atoms with Crippen molar-refractivity contribution in [3.8, 4) is 22.4 Å². The van der Waals surface area contributed by atoms with Crippen LogP contribution in [-0.4, -0.2) is 27.0 Å². The number of aromatic nitrogens is 2. The lowest BCUT2D eigenvalue weighted by molar-refractivity contribution is -0.136. The van der Waals surface area contributed by atoms with Gasteiger partial charge >= 0.3 is 5.97 Å². The van der Waals surface area contributed by atoms with Crippen LogP contribution < -0.4 is 5.73 Å². The second-order valence-electron chi connectivity index (χ2n) is 6.53. The van der Waals surface area contributed by atoms with E-state index < -0.39 is 11.9 Å². The molecule has 0 fully saturated rings. The molecular formula is C21H17Cl2N3O3. The summed E-state index contributed by atoms with van der Waals surface area (Å²) in [5, 5.41) is 9.70. The van der Waals surface area contributed by atoms with Crippen LogP contribution >= 0.6 is 23.2 Å². The van der Waals surface area contributed by atoms with Gasteiger partial charge in [-0.3, -0.25) is 14.6 Å². The van der Waals surface area contributed by atoms with E-state index in [1.54, 1.807) is 19.1 Å². The number of carboxylic acids is 1. The van der Waals surface area contributed by atoms with Crippen molar-refractivity contribution in [1.29, 1.82) is 0 Å². The minimum absolute atomic E-state index is 0.138. The molecule has 0 bridgehead atoms. The number of hydrogen-bond donors (Lipinski definition) is 2. The molecule has 0 unspecified atom stereocenters. The number of hydrogen-bond acceptors (Lipinski definition) is 4. The van der Waals surface area contributed by atoms with Gasteiger partial charge in [-0.2, -0.15) is 0 Å². The Morgan fingerprint density at radius 1 is 0.966 bits per heavy atom. The number of carboxylic acid groups (broad SMARTS) is 1. The van der Waals surface area contributed by atoms with E-state index in [0.29, 0.717) is 38.3 Å². The molecule has 3 aromatic rings. The largest absolute Gasteiger partial charge is 0.481 e. The summed E-state index contributed by atoms with van der Waals surface area (Å²) in [7, 11) is 0. The quantitative estimate of drug-likeness (QED) is 0.622. The zero-order valence-electron chi connectivity index (χ0n) is 15.7. The number of aryl methyl sites for hydroxylation is 2. The third-order valence-electron chi connectivity index (χ3n) is 4.42. The fourth-order valence-corrected chi connectivity index (χ4v) is 3.58. The Labute approximate surface area is 177 Å². The number of carbonyl (C=O) groups is 2. The van der Waals surface area contributed by atoms with Crippen molar-refractivity contribution < 1.29 is 14.7 Å². The summed E-state index contributed by atoms with van der Waals surface area (Å²) in [6.07, 6.45) is -0.203. The van der Waals surface area contributed by atoms with Gasteiger partial charge < -0.3 is 10.8 Å². The summed E-state index contributed by atoms with van der Waals surface area (Å²) in [4.78, 5) is 31.2. The van der Waals surface area contributed by atoms with Crippen LogP contribution in [0.3, 0.4) is 0 Å². The van der Waals surface area contributed by atoms with Gasteiger partial charge in [0.25, 0.3) is 5.91 Å². The third kappa shape index (κ3) is 4.39. The molecule has 8 heteroatoms. The number of benzene rings is 2. The first kappa shape index (κ1) is 20.8. The highest BCUT2D eigenvalue weighted by Crippen LogP contribution is 2.34. The van der Waals surface area contributed by atoms with Crippen LogP contribution in [0.4, 0.5) is 0 Å². The van der Waals surface area contributed by atoms with E-state index in [2.05, 4.69) is 9.97 Å². The minimum atomic E-state index is -0.982. The van der Waals surface area contributed by atoms with E-state index in [1.165, 1.54) is 0 Å². The maximum atomic E-state index is 11.6.